The summed E-state index contributed by atoms with van der Waals surface area (Å²) in [6, 6.07) is 15.7. The van der Waals surface area contributed by atoms with Crippen molar-refractivity contribution in [2.45, 2.75) is 19.1 Å². The van der Waals surface area contributed by atoms with Gasteiger partial charge in [0.15, 0.2) is 0 Å². The number of halogens is 2. The average molecular weight is 288 g/mol. The van der Waals surface area contributed by atoms with Crippen LogP contribution in [0.5, 0.6) is 0 Å². The Hall–Kier alpha value is -2.27. The maximum absolute atomic E-state index is 13.3. The van der Waals surface area contributed by atoms with Crippen molar-refractivity contribution in [3.63, 3.8) is 0 Å². The third kappa shape index (κ3) is 2.64. The highest BCUT2D eigenvalue weighted by Crippen LogP contribution is 2.26. The summed E-state index contributed by atoms with van der Waals surface area (Å²) in [7, 11) is 0. The molecular formula is C16H14F2N2O. The predicted molar refractivity (Wildman–Crippen MR) is 76.1 cm³/mol. The van der Waals surface area contributed by atoms with E-state index in [1.807, 2.05) is 6.07 Å². The van der Waals surface area contributed by atoms with Crippen LogP contribution < -0.4 is 0 Å². The minimum atomic E-state index is -2.68. The minimum Gasteiger partial charge on any atom is -0.388 e. The molecule has 2 aromatic carbocycles. The lowest BCUT2D eigenvalue weighted by Crippen LogP contribution is -2.09. The number of benzene rings is 2. The van der Waals surface area contributed by atoms with Crippen molar-refractivity contribution in [1.82, 2.24) is 9.55 Å². The number of hydrogen-bond acceptors (Lipinski definition) is 2. The van der Waals surface area contributed by atoms with Crippen LogP contribution in [-0.4, -0.2) is 14.7 Å². The molecule has 0 saturated heterocycles. The Morgan fingerprint density at radius 2 is 1.67 bits per heavy atom. The average Bonchev–Trinajstić information content (AvgIpc) is 2.86. The smallest absolute Gasteiger partial charge is 0.320 e. The third-order valence-electron chi connectivity index (χ3n) is 3.42. The van der Waals surface area contributed by atoms with Crippen LogP contribution in [0.1, 0.15) is 24.0 Å². The molecule has 0 bridgehead atoms. The van der Waals surface area contributed by atoms with Gasteiger partial charge in [0.05, 0.1) is 17.1 Å². The Bertz CT molecular complexity index is 740. The summed E-state index contributed by atoms with van der Waals surface area (Å²) in [5.74, 6) is 0.183. The van der Waals surface area contributed by atoms with E-state index in [4.69, 9.17) is 0 Å². The van der Waals surface area contributed by atoms with Gasteiger partial charge in [0.1, 0.15) is 5.82 Å². The van der Waals surface area contributed by atoms with Gasteiger partial charge in [0.2, 0.25) is 0 Å². The Labute approximate surface area is 120 Å². The molecule has 1 heterocycles. The monoisotopic (exact) mass is 288 g/mol. The summed E-state index contributed by atoms with van der Waals surface area (Å²) in [5.41, 5.74) is 1.57. The molecule has 3 rings (SSSR count). The SMILES string of the molecule is O[C@@H](Cc1nc2ccccc2n1C(F)F)c1ccccc1. The molecule has 0 saturated carbocycles. The maximum atomic E-state index is 13.3. The van der Waals surface area contributed by atoms with E-state index in [9.17, 15) is 13.9 Å². The molecule has 1 N–H and O–H groups in total. The van der Waals surface area contributed by atoms with E-state index in [1.165, 1.54) is 0 Å². The van der Waals surface area contributed by atoms with Gasteiger partial charge < -0.3 is 5.11 Å². The van der Waals surface area contributed by atoms with Gasteiger partial charge in [0, 0.05) is 6.42 Å². The molecule has 0 unspecified atom stereocenters. The number of aliphatic hydroxyl groups excluding tert-OH is 1. The van der Waals surface area contributed by atoms with Gasteiger partial charge in [0.25, 0.3) is 0 Å². The minimum absolute atomic E-state index is 0.0447. The molecule has 1 aromatic heterocycles. The van der Waals surface area contributed by atoms with Gasteiger partial charge in [-0.05, 0) is 17.7 Å². The lowest BCUT2D eigenvalue weighted by Gasteiger charge is -2.12. The molecule has 0 fully saturated rings. The Morgan fingerprint density at radius 3 is 2.38 bits per heavy atom. The molecule has 0 aliphatic carbocycles. The van der Waals surface area contributed by atoms with E-state index in [0.29, 0.717) is 16.6 Å². The van der Waals surface area contributed by atoms with Gasteiger partial charge in [-0.25, -0.2) is 4.98 Å². The summed E-state index contributed by atoms with van der Waals surface area (Å²) in [4.78, 5) is 4.22. The topological polar surface area (TPSA) is 38.1 Å². The van der Waals surface area contributed by atoms with Crippen molar-refractivity contribution >= 4 is 11.0 Å². The fourth-order valence-electron chi connectivity index (χ4n) is 2.42. The maximum Gasteiger partial charge on any atom is 0.320 e. The van der Waals surface area contributed by atoms with Crippen molar-refractivity contribution in [3.8, 4) is 0 Å². The van der Waals surface area contributed by atoms with E-state index >= 15 is 0 Å². The number of para-hydroxylation sites is 2. The van der Waals surface area contributed by atoms with E-state index in [2.05, 4.69) is 4.98 Å². The van der Waals surface area contributed by atoms with Crippen LogP contribution in [0, 0.1) is 0 Å². The molecule has 1 atom stereocenters. The zero-order valence-electron chi connectivity index (χ0n) is 11.2. The molecule has 0 radical (unpaired) electrons. The number of alkyl halides is 2. The molecular weight excluding hydrogens is 274 g/mol. The molecule has 0 aliphatic heterocycles. The first kappa shape index (κ1) is 13.7. The fourth-order valence-corrected chi connectivity index (χ4v) is 2.42. The highest BCUT2D eigenvalue weighted by Gasteiger charge is 2.20. The normalized spacial score (nSPS) is 13.0. The van der Waals surface area contributed by atoms with Crippen molar-refractivity contribution in [2.24, 2.45) is 0 Å². The van der Waals surface area contributed by atoms with Crippen molar-refractivity contribution < 1.29 is 13.9 Å². The van der Waals surface area contributed by atoms with Gasteiger partial charge in [-0.3, -0.25) is 4.57 Å². The highest BCUT2D eigenvalue weighted by atomic mass is 19.3. The van der Waals surface area contributed by atoms with Gasteiger partial charge in [-0.1, -0.05) is 42.5 Å². The number of aromatic nitrogens is 2. The lowest BCUT2D eigenvalue weighted by atomic mass is 10.1. The van der Waals surface area contributed by atoms with Crippen LogP contribution in [0.3, 0.4) is 0 Å². The number of hydrogen-bond donors (Lipinski definition) is 1. The Morgan fingerprint density at radius 1 is 1.00 bits per heavy atom. The first-order valence-corrected chi connectivity index (χ1v) is 6.64. The number of imidazole rings is 1. The van der Waals surface area contributed by atoms with Gasteiger partial charge in [-0.2, -0.15) is 8.78 Å². The molecule has 0 spiro atoms. The fraction of sp³-hybridized carbons (Fsp3) is 0.188. The second-order valence-corrected chi connectivity index (χ2v) is 4.80. The van der Waals surface area contributed by atoms with Crippen molar-refractivity contribution in [3.05, 3.63) is 66.0 Å². The first-order valence-electron chi connectivity index (χ1n) is 6.64. The highest BCUT2D eigenvalue weighted by molar-refractivity contribution is 5.76. The molecule has 3 aromatic rings. The Balaban J connectivity index is 1.98. The summed E-state index contributed by atoms with van der Waals surface area (Å²) >= 11 is 0. The summed E-state index contributed by atoms with van der Waals surface area (Å²) in [5, 5.41) is 10.2. The third-order valence-corrected chi connectivity index (χ3v) is 3.42. The second kappa shape index (κ2) is 5.61. The van der Waals surface area contributed by atoms with Crippen LogP contribution in [-0.2, 0) is 6.42 Å². The summed E-state index contributed by atoms with van der Waals surface area (Å²) in [6.07, 6.45) is -0.816. The lowest BCUT2D eigenvalue weighted by molar-refractivity contribution is 0.0684. The molecule has 0 amide bonds. The zero-order chi connectivity index (χ0) is 14.8. The van der Waals surface area contributed by atoms with Crippen molar-refractivity contribution in [2.75, 3.05) is 0 Å². The quantitative estimate of drug-likeness (QED) is 0.794. The first-order chi connectivity index (χ1) is 10.2. The van der Waals surface area contributed by atoms with Crippen LogP contribution in [0.15, 0.2) is 54.6 Å². The number of nitrogens with zero attached hydrogens (tertiary/aromatic N) is 2. The number of rotatable bonds is 4. The van der Waals surface area contributed by atoms with Crippen LogP contribution in [0.4, 0.5) is 8.78 Å². The second-order valence-electron chi connectivity index (χ2n) is 4.80. The van der Waals surface area contributed by atoms with E-state index in [0.717, 1.165) is 4.57 Å². The van der Waals surface area contributed by atoms with Crippen molar-refractivity contribution in [1.29, 1.82) is 0 Å². The van der Waals surface area contributed by atoms with E-state index in [1.54, 1.807) is 48.5 Å². The molecule has 0 aliphatic rings. The van der Waals surface area contributed by atoms with E-state index in [-0.39, 0.29) is 12.2 Å². The van der Waals surface area contributed by atoms with E-state index < -0.39 is 12.7 Å². The predicted octanol–water partition coefficient (Wildman–Crippen LogP) is 3.71. The van der Waals surface area contributed by atoms with Crippen LogP contribution in [0.25, 0.3) is 11.0 Å². The number of fused-ring (bicyclic) bond motifs is 1. The molecule has 108 valence electrons. The standard InChI is InChI=1S/C16H14F2N2O/c17-16(18)20-13-9-5-4-8-12(13)19-15(20)10-14(21)11-6-2-1-3-7-11/h1-9,14,16,21H,10H2/t14-/m0/s1. The van der Waals surface area contributed by atoms with Crippen LogP contribution >= 0.6 is 0 Å². The van der Waals surface area contributed by atoms with Gasteiger partial charge >= 0.3 is 6.55 Å². The molecule has 21 heavy (non-hydrogen) atoms. The Kier molecular flexibility index (Phi) is 3.66. The molecule has 5 heteroatoms. The number of aliphatic hydroxyl groups is 1. The zero-order valence-corrected chi connectivity index (χ0v) is 11.2. The summed E-state index contributed by atoms with van der Waals surface area (Å²) < 4.78 is 27.4. The van der Waals surface area contributed by atoms with Crippen LogP contribution in [0.2, 0.25) is 0 Å². The largest absolute Gasteiger partial charge is 0.388 e. The van der Waals surface area contributed by atoms with Gasteiger partial charge in [-0.15, -0.1) is 0 Å². The summed E-state index contributed by atoms with van der Waals surface area (Å²) in [6.45, 7) is -2.68. The molecule has 3 nitrogen and oxygen atoms in total.